The second-order valence-corrected chi connectivity index (χ2v) is 18.5. The molecule has 1 spiro atoms. The number of hydrogen-bond acceptors (Lipinski definition) is 11. The Morgan fingerprint density at radius 3 is 1.96 bits per heavy atom. The van der Waals surface area contributed by atoms with Crippen LogP contribution in [0.2, 0.25) is 0 Å². The Labute approximate surface area is 412 Å². The van der Waals surface area contributed by atoms with Gasteiger partial charge in [-0.1, -0.05) is 134 Å². The highest BCUT2D eigenvalue weighted by atomic mass is 16.6. The van der Waals surface area contributed by atoms with Crippen LogP contribution in [-0.4, -0.2) is 84.0 Å². The molecule has 0 aromatic heterocycles. The van der Waals surface area contributed by atoms with Crippen molar-refractivity contribution in [3.05, 3.63) is 167 Å². The van der Waals surface area contributed by atoms with E-state index in [0.29, 0.717) is 42.6 Å². The number of nitrogens with one attached hydrogen (secondary N) is 1. The number of ether oxygens (including phenoxy) is 3. The molecule has 0 aliphatic carbocycles. The van der Waals surface area contributed by atoms with Gasteiger partial charge in [0.05, 0.1) is 44.0 Å². The first-order valence-electron chi connectivity index (χ1n) is 24.1. The predicted octanol–water partition coefficient (Wildman–Crippen LogP) is 8.03. The lowest BCUT2D eigenvalue weighted by molar-refractivity contribution is -0.179. The summed E-state index contributed by atoms with van der Waals surface area (Å²) in [5.41, 5.74) is 1.46. The molecular weight excluding hydrogens is 901 g/mol. The zero-order valence-corrected chi connectivity index (χ0v) is 39.9. The lowest BCUT2D eigenvalue weighted by Gasteiger charge is -2.46. The van der Waals surface area contributed by atoms with Crippen molar-refractivity contribution >= 4 is 41.4 Å². The molecular formula is C57H56N4O10. The number of aromatic hydroxyl groups is 1. The Balaban J connectivity index is 1.33. The molecule has 0 unspecified atom stereocenters. The molecule has 0 saturated carbocycles. The number of morpholine rings is 1. The number of benzene rings is 5. The molecule has 0 radical (unpaired) electrons. The van der Waals surface area contributed by atoms with Crippen molar-refractivity contribution in [2.45, 2.75) is 81.1 Å². The minimum atomic E-state index is -2.04. The van der Waals surface area contributed by atoms with Gasteiger partial charge in [-0.3, -0.25) is 28.9 Å². The summed E-state index contributed by atoms with van der Waals surface area (Å²) in [5.74, 6) is -0.380. The van der Waals surface area contributed by atoms with Crippen LogP contribution in [0.1, 0.15) is 103 Å². The number of imide groups is 1. The molecule has 4 aliphatic heterocycles. The fourth-order valence-electron chi connectivity index (χ4n) is 11.2. The van der Waals surface area contributed by atoms with Gasteiger partial charge >= 0.3 is 23.9 Å². The first-order valence-corrected chi connectivity index (χ1v) is 24.1. The van der Waals surface area contributed by atoms with Crippen molar-refractivity contribution in [3.8, 4) is 17.6 Å². The first kappa shape index (κ1) is 48.3. The van der Waals surface area contributed by atoms with Crippen molar-refractivity contribution in [2.24, 2.45) is 11.8 Å². The van der Waals surface area contributed by atoms with Crippen LogP contribution in [0.4, 0.5) is 10.5 Å². The molecule has 9 rings (SSSR count). The molecule has 4 aliphatic rings. The smallest absolute Gasteiger partial charge is 0.329 e. The number of phenols is 1. The summed E-state index contributed by atoms with van der Waals surface area (Å²) in [6.45, 7) is 2.59. The van der Waals surface area contributed by atoms with Gasteiger partial charge in [-0.15, -0.1) is 0 Å². The van der Waals surface area contributed by atoms with Crippen molar-refractivity contribution in [2.75, 3.05) is 32.2 Å². The van der Waals surface area contributed by atoms with E-state index in [0.717, 1.165) is 49.5 Å². The van der Waals surface area contributed by atoms with Gasteiger partial charge in [0.25, 0.3) is 0 Å². The number of amides is 4. The molecule has 364 valence electrons. The Morgan fingerprint density at radius 1 is 0.746 bits per heavy atom. The fraction of sp³-hybridized carbons (Fsp3) is 0.333. The summed E-state index contributed by atoms with van der Waals surface area (Å²) in [6.07, 6.45) is 3.04. The van der Waals surface area contributed by atoms with Crippen molar-refractivity contribution in [1.82, 2.24) is 15.1 Å². The molecule has 0 bridgehead atoms. The maximum Gasteiger partial charge on any atom is 0.329 e. The molecule has 14 heteroatoms. The number of urea groups is 1. The number of cyclic esters (lactones) is 1. The zero-order valence-electron chi connectivity index (χ0n) is 39.9. The minimum Gasteiger partial charge on any atom is -0.508 e. The summed E-state index contributed by atoms with van der Waals surface area (Å²) in [4.78, 5) is 93.8. The van der Waals surface area contributed by atoms with E-state index in [1.807, 2.05) is 103 Å². The third-order valence-electron chi connectivity index (χ3n) is 14.5. The standard InChI is InChI=1S/C57H56N4O10/c1-36(38-20-10-7-11-21-38)58-56(68)60-45-32-27-37(19-18-26-43(52(64)69-2)53(65)70-3)35-44(45)57(55(60)67)46(51(63)59-33-16-5-4-6-17-34-59)48-54(66)71-49(40-24-14-9-15-25-40)47(39-22-12-8-13-23-39)61(48)50(57)41-28-30-42(62)31-29-41/h7-15,20-25,27-32,35-36,43,46-50,62H,4-6,16-17,26,33-34H2,1-3H3,(H,58,68)/t36-,46-,47-,48-,49+,50+,57-/m1/s1. The average molecular weight is 957 g/mol. The molecule has 4 amide bonds. The monoisotopic (exact) mass is 956 g/mol. The maximum atomic E-state index is 16.7. The van der Waals surface area contributed by atoms with E-state index < -0.39 is 83.3 Å². The van der Waals surface area contributed by atoms with Crippen LogP contribution >= 0.6 is 0 Å². The van der Waals surface area contributed by atoms with E-state index in [9.17, 15) is 14.7 Å². The molecule has 14 nitrogen and oxygen atoms in total. The highest BCUT2D eigenvalue weighted by molar-refractivity contribution is 6.24. The van der Waals surface area contributed by atoms with Crippen molar-refractivity contribution < 1.29 is 48.1 Å². The number of carbonyl (C=O) groups is 6. The maximum absolute atomic E-state index is 16.7. The number of rotatable bonds is 9. The Bertz CT molecular complexity index is 2840. The van der Waals surface area contributed by atoms with Crippen LogP contribution in [0.3, 0.4) is 0 Å². The molecule has 2 N–H and O–H groups in total. The number of fused-ring (bicyclic) bond motifs is 3. The second-order valence-electron chi connectivity index (χ2n) is 18.5. The Kier molecular flexibility index (Phi) is 14.1. The lowest BCUT2D eigenvalue weighted by Crippen LogP contribution is -2.57. The summed E-state index contributed by atoms with van der Waals surface area (Å²) in [5, 5.41) is 13.9. The van der Waals surface area contributed by atoms with Gasteiger partial charge in [-0.25, -0.2) is 9.69 Å². The first-order chi connectivity index (χ1) is 34.5. The second kappa shape index (κ2) is 20.7. The molecule has 71 heavy (non-hydrogen) atoms. The van der Waals surface area contributed by atoms with Crippen LogP contribution in [0.25, 0.3) is 0 Å². The molecule has 3 fully saturated rings. The number of esters is 3. The van der Waals surface area contributed by atoms with Crippen LogP contribution in [-0.2, 0) is 43.6 Å². The van der Waals surface area contributed by atoms with E-state index in [1.165, 1.54) is 12.1 Å². The van der Waals surface area contributed by atoms with Crippen LogP contribution in [0, 0.1) is 23.7 Å². The van der Waals surface area contributed by atoms with Gasteiger partial charge in [0.15, 0.2) is 5.92 Å². The number of methoxy groups -OCH3 is 2. The fourth-order valence-corrected chi connectivity index (χ4v) is 11.2. The number of anilines is 1. The van der Waals surface area contributed by atoms with Crippen LogP contribution in [0.5, 0.6) is 5.75 Å². The molecule has 5 aromatic rings. The summed E-state index contributed by atoms with van der Waals surface area (Å²) >= 11 is 0. The molecule has 3 saturated heterocycles. The highest BCUT2D eigenvalue weighted by Crippen LogP contribution is 2.66. The van der Waals surface area contributed by atoms with Gasteiger partial charge in [-0.2, -0.15) is 0 Å². The van der Waals surface area contributed by atoms with E-state index in [1.54, 1.807) is 35.2 Å². The van der Waals surface area contributed by atoms with Gasteiger partial charge in [0, 0.05) is 25.1 Å². The third kappa shape index (κ3) is 8.91. The number of likely N-dealkylation sites (tertiary alicyclic amines) is 1. The number of carbonyl (C=O) groups excluding carboxylic acids is 6. The molecule has 5 aromatic carbocycles. The number of phenolic OH excluding ortho intramolecular Hbond substituents is 1. The van der Waals surface area contributed by atoms with Gasteiger partial charge in [-0.05, 0) is 77.9 Å². The number of nitrogens with zero attached hydrogens (tertiary/aromatic N) is 3. The van der Waals surface area contributed by atoms with Gasteiger partial charge in [0.2, 0.25) is 11.8 Å². The largest absolute Gasteiger partial charge is 0.508 e. The Morgan fingerprint density at radius 2 is 1.34 bits per heavy atom. The van der Waals surface area contributed by atoms with Crippen LogP contribution < -0.4 is 10.2 Å². The molecule has 7 atom stereocenters. The predicted molar refractivity (Wildman–Crippen MR) is 262 cm³/mol. The van der Waals surface area contributed by atoms with Crippen molar-refractivity contribution in [1.29, 1.82) is 0 Å². The highest BCUT2D eigenvalue weighted by Gasteiger charge is 2.76. The van der Waals surface area contributed by atoms with E-state index >= 15 is 19.2 Å². The van der Waals surface area contributed by atoms with E-state index in [-0.39, 0.29) is 23.4 Å². The van der Waals surface area contributed by atoms with Crippen molar-refractivity contribution in [3.63, 3.8) is 0 Å². The zero-order chi connectivity index (χ0) is 49.8. The molecule has 4 heterocycles. The third-order valence-corrected chi connectivity index (χ3v) is 14.5. The van der Waals surface area contributed by atoms with Gasteiger partial charge in [0.1, 0.15) is 23.3 Å². The van der Waals surface area contributed by atoms with Crippen LogP contribution in [0.15, 0.2) is 133 Å². The minimum absolute atomic E-state index is 0.0470. The van der Waals surface area contributed by atoms with E-state index in [4.69, 9.17) is 14.2 Å². The van der Waals surface area contributed by atoms with E-state index in [2.05, 4.69) is 17.2 Å². The summed E-state index contributed by atoms with van der Waals surface area (Å²) < 4.78 is 16.4. The lowest BCUT2D eigenvalue weighted by atomic mass is 9.64. The Hall–Kier alpha value is -7.76. The number of hydrogen-bond donors (Lipinski definition) is 2. The topological polar surface area (TPSA) is 172 Å². The normalized spacial score (nSPS) is 23.3. The SMILES string of the molecule is COC(=O)C(CC#Cc1ccc2c(c1)[C@]1(C(=O)N2C(=O)N[C@H](C)c2ccccc2)[C@H](c2ccc(O)cc2)N2[C@H](c3ccccc3)[C@H](c3ccccc3)OC(=O)[C@H]2[C@@H]1C(=O)N1CCCCCCC1)C(=O)OC. The average Bonchev–Trinajstić information content (AvgIpc) is 3.84. The van der Waals surface area contributed by atoms with Gasteiger partial charge < -0.3 is 29.5 Å². The summed E-state index contributed by atoms with van der Waals surface area (Å²) in [6, 6.07) is 34.9. The summed E-state index contributed by atoms with van der Waals surface area (Å²) in [7, 11) is 2.33. The quantitative estimate of drug-likeness (QED) is 0.0635.